The summed E-state index contributed by atoms with van der Waals surface area (Å²) in [5.74, 6) is -3.01. The van der Waals surface area contributed by atoms with Crippen molar-refractivity contribution < 1.29 is 24.3 Å². The van der Waals surface area contributed by atoms with Gasteiger partial charge < -0.3 is 32.5 Å². The van der Waals surface area contributed by atoms with E-state index in [1.54, 1.807) is 13.8 Å². The van der Waals surface area contributed by atoms with Gasteiger partial charge in [0.2, 0.25) is 17.7 Å². The monoisotopic (exact) mass is 415 g/mol. The van der Waals surface area contributed by atoms with Gasteiger partial charge in [-0.05, 0) is 37.6 Å². The summed E-state index contributed by atoms with van der Waals surface area (Å²) in [5.41, 5.74) is 11.4. The predicted molar refractivity (Wildman–Crippen MR) is 110 cm³/mol. The molecule has 4 unspecified atom stereocenters. The Labute approximate surface area is 172 Å². The molecule has 10 heteroatoms. The molecule has 0 bridgehead atoms. The minimum atomic E-state index is -1.18. The highest BCUT2D eigenvalue weighted by Crippen LogP contribution is 2.09. The molecule has 0 aromatic rings. The number of nitrogens with two attached hydrogens (primary N) is 2. The van der Waals surface area contributed by atoms with Crippen LogP contribution in [0.25, 0.3) is 0 Å². The van der Waals surface area contributed by atoms with Crippen LogP contribution in [0.1, 0.15) is 53.4 Å². The number of rotatable bonds is 14. The SMILES string of the molecule is CCC(C)C(N)C(=O)NC(C(=O)NC(CCCCN)C(=O)NCC(=O)O)C(C)C. The minimum absolute atomic E-state index is 0.0447. The molecule has 3 amide bonds. The highest BCUT2D eigenvalue weighted by atomic mass is 16.4. The predicted octanol–water partition coefficient (Wildman–Crippen LogP) is -0.685. The van der Waals surface area contributed by atoms with Gasteiger partial charge in [0.1, 0.15) is 18.6 Å². The zero-order valence-corrected chi connectivity index (χ0v) is 17.9. The second-order valence-corrected chi connectivity index (χ2v) is 7.60. The van der Waals surface area contributed by atoms with Gasteiger partial charge in [-0.3, -0.25) is 19.2 Å². The number of carboxylic acids is 1. The molecule has 0 fully saturated rings. The van der Waals surface area contributed by atoms with E-state index in [0.717, 1.165) is 6.42 Å². The Morgan fingerprint density at radius 2 is 1.59 bits per heavy atom. The summed E-state index contributed by atoms with van der Waals surface area (Å²) in [6.07, 6.45) is 2.27. The van der Waals surface area contributed by atoms with Crippen LogP contribution in [0.3, 0.4) is 0 Å². The first-order valence-corrected chi connectivity index (χ1v) is 10.1. The Kier molecular flexibility index (Phi) is 12.8. The Hall–Kier alpha value is -2.20. The second-order valence-electron chi connectivity index (χ2n) is 7.60. The van der Waals surface area contributed by atoms with E-state index in [2.05, 4.69) is 16.0 Å². The van der Waals surface area contributed by atoms with E-state index < -0.39 is 48.4 Å². The van der Waals surface area contributed by atoms with E-state index in [1.165, 1.54) is 0 Å². The van der Waals surface area contributed by atoms with E-state index in [0.29, 0.717) is 25.8 Å². The first kappa shape index (κ1) is 26.8. The number of carbonyl (C=O) groups is 4. The molecule has 10 nitrogen and oxygen atoms in total. The van der Waals surface area contributed by atoms with Gasteiger partial charge >= 0.3 is 5.97 Å². The van der Waals surface area contributed by atoms with E-state index in [-0.39, 0.29) is 11.8 Å². The third kappa shape index (κ3) is 10.2. The van der Waals surface area contributed by atoms with Crippen LogP contribution >= 0.6 is 0 Å². The molecule has 0 rings (SSSR count). The molecule has 0 saturated carbocycles. The maximum Gasteiger partial charge on any atom is 0.322 e. The summed E-state index contributed by atoms with van der Waals surface area (Å²) >= 11 is 0. The summed E-state index contributed by atoms with van der Waals surface area (Å²) in [4.78, 5) is 48.2. The summed E-state index contributed by atoms with van der Waals surface area (Å²) in [7, 11) is 0. The van der Waals surface area contributed by atoms with Gasteiger partial charge in [0.25, 0.3) is 0 Å². The van der Waals surface area contributed by atoms with Crippen molar-refractivity contribution in [2.45, 2.75) is 71.5 Å². The molecular formula is C19H37N5O5. The summed E-state index contributed by atoms with van der Waals surface area (Å²) in [6, 6.07) is -2.54. The number of nitrogens with one attached hydrogen (secondary N) is 3. The average molecular weight is 416 g/mol. The van der Waals surface area contributed by atoms with Crippen molar-refractivity contribution in [3.05, 3.63) is 0 Å². The topological polar surface area (TPSA) is 177 Å². The van der Waals surface area contributed by atoms with Crippen molar-refractivity contribution in [2.75, 3.05) is 13.1 Å². The molecular weight excluding hydrogens is 378 g/mol. The lowest BCUT2D eigenvalue weighted by atomic mass is 9.97. The molecule has 0 aliphatic heterocycles. The van der Waals surface area contributed by atoms with Crippen LogP contribution in [0.5, 0.6) is 0 Å². The molecule has 0 spiro atoms. The molecule has 8 N–H and O–H groups in total. The van der Waals surface area contributed by atoms with Crippen molar-refractivity contribution in [3.8, 4) is 0 Å². The molecule has 0 heterocycles. The zero-order chi connectivity index (χ0) is 22.6. The molecule has 0 aromatic heterocycles. The van der Waals surface area contributed by atoms with E-state index in [4.69, 9.17) is 16.6 Å². The smallest absolute Gasteiger partial charge is 0.322 e. The molecule has 0 saturated heterocycles. The number of carboxylic acid groups (broad SMARTS) is 1. The fourth-order valence-electron chi connectivity index (χ4n) is 2.61. The fraction of sp³-hybridized carbons (Fsp3) is 0.789. The minimum Gasteiger partial charge on any atom is -0.480 e. The van der Waals surface area contributed by atoms with E-state index in [9.17, 15) is 19.2 Å². The Balaban J connectivity index is 5.18. The molecule has 0 aliphatic rings. The lowest BCUT2D eigenvalue weighted by molar-refractivity contribution is -0.138. The van der Waals surface area contributed by atoms with E-state index >= 15 is 0 Å². The van der Waals surface area contributed by atoms with Crippen LogP contribution in [0, 0.1) is 11.8 Å². The highest BCUT2D eigenvalue weighted by Gasteiger charge is 2.30. The average Bonchev–Trinajstić information content (AvgIpc) is 2.67. The summed E-state index contributed by atoms with van der Waals surface area (Å²) in [5, 5.41) is 16.3. The molecule has 29 heavy (non-hydrogen) atoms. The first-order valence-electron chi connectivity index (χ1n) is 10.1. The number of amides is 3. The van der Waals surface area contributed by atoms with Crippen LogP contribution in [0.2, 0.25) is 0 Å². The maximum absolute atomic E-state index is 12.8. The van der Waals surface area contributed by atoms with Gasteiger partial charge in [-0.1, -0.05) is 34.1 Å². The van der Waals surface area contributed by atoms with Crippen molar-refractivity contribution in [2.24, 2.45) is 23.3 Å². The largest absolute Gasteiger partial charge is 0.480 e. The van der Waals surface area contributed by atoms with Crippen LogP contribution < -0.4 is 27.4 Å². The lowest BCUT2D eigenvalue weighted by Crippen LogP contribution is -2.58. The first-order chi connectivity index (χ1) is 13.5. The van der Waals surface area contributed by atoms with Gasteiger partial charge in [0.05, 0.1) is 6.04 Å². The number of hydrogen-bond donors (Lipinski definition) is 6. The van der Waals surface area contributed by atoms with Crippen LogP contribution in [-0.4, -0.2) is 60.0 Å². The number of aliphatic carboxylic acids is 1. The molecule has 168 valence electrons. The van der Waals surface area contributed by atoms with Gasteiger partial charge in [0.15, 0.2) is 0 Å². The fourth-order valence-corrected chi connectivity index (χ4v) is 2.61. The Morgan fingerprint density at radius 3 is 2.07 bits per heavy atom. The van der Waals surface area contributed by atoms with Crippen molar-refractivity contribution >= 4 is 23.7 Å². The maximum atomic E-state index is 12.8. The Morgan fingerprint density at radius 1 is 0.966 bits per heavy atom. The molecule has 0 aromatic carbocycles. The third-order valence-electron chi connectivity index (χ3n) is 4.80. The van der Waals surface area contributed by atoms with Crippen LogP contribution in [0.4, 0.5) is 0 Å². The summed E-state index contributed by atoms with van der Waals surface area (Å²) in [6.45, 7) is 7.22. The van der Waals surface area contributed by atoms with Crippen molar-refractivity contribution in [1.82, 2.24) is 16.0 Å². The zero-order valence-electron chi connectivity index (χ0n) is 17.9. The number of carbonyl (C=O) groups excluding carboxylic acids is 3. The second kappa shape index (κ2) is 13.9. The third-order valence-corrected chi connectivity index (χ3v) is 4.80. The molecule has 4 atom stereocenters. The highest BCUT2D eigenvalue weighted by molar-refractivity contribution is 5.93. The van der Waals surface area contributed by atoms with E-state index in [1.807, 2.05) is 13.8 Å². The van der Waals surface area contributed by atoms with Crippen LogP contribution in [0.15, 0.2) is 0 Å². The van der Waals surface area contributed by atoms with Gasteiger partial charge in [-0.15, -0.1) is 0 Å². The standard InChI is InChI=1S/C19H37N5O5/c1-5-12(4)15(21)18(28)24-16(11(2)3)19(29)23-13(8-6-7-9-20)17(27)22-10-14(25)26/h11-13,15-16H,5-10,20-21H2,1-4H3,(H,22,27)(H,23,29)(H,24,28)(H,25,26). The van der Waals surface area contributed by atoms with Gasteiger partial charge in [-0.25, -0.2) is 0 Å². The number of unbranched alkanes of at least 4 members (excludes halogenated alkanes) is 1. The molecule has 0 radical (unpaired) electrons. The van der Waals surface area contributed by atoms with Gasteiger partial charge in [-0.2, -0.15) is 0 Å². The van der Waals surface area contributed by atoms with Gasteiger partial charge in [0, 0.05) is 0 Å². The lowest BCUT2D eigenvalue weighted by Gasteiger charge is -2.27. The number of hydrogen-bond acceptors (Lipinski definition) is 6. The summed E-state index contributed by atoms with van der Waals surface area (Å²) < 4.78 is 0. The normalized spacial score (nSPS) is 15.1. The van der Waals surface area contributed by atoms with Crippen molar-refractivity contribution in [3.63, 3.8) is 0 Å². The van der Waals surface area contributed by atoms with Crippen LogP contribution in [-0.2, 0) is 19.2 Å². The quantitative estimate of drug-likeness (QED) is 0.203. The Bertz CT molecular complexity index is 555. The molecule has 0 aliphatic carbocycles. The van der Waals surface area contributed by atoms with Crippen molar-refractivity contribution in [1.29, 1.82) is 0 Å².